The van der Waals surface area contributed by atoms with Crippen LogP contribution in [0.4, 0.5) is 39.3 Å². The van der Waals surface area contributed by atoms with Crippen molar-refractivity contribution in [3.05, 3.63) is 157 Å². The first kappa shape index (κ1) is 82.6. The highest BCUT2D eigenvalue weighted by atomic mass is 35.5. The summed E-state index contributed by atoms with van der Waals surface area (Å²) in [5.41, 5.74) is 8.92. The lowest BCUT2D eigenvalue weighted by Gasteiger charge is -2.40. The average Bonchev–Trinajstić information content (AvgIpc) is 1.56. The topological polar surface area (TPSA) is 338 Å². The number of aromatic nitrogens is 9. The molecule has 112 heavy (non-hydrogen) atoms. The van der Waals surface area contributed by atoms with Gasteiger partial charge in [-0.15, -0.1) is 0 Å². The molecule has 3 aromatic carbocycles. The normalized spacial score (nSPS) is 20.1. The van der Waals surface area contributed by atoms with Crippen molar-refractivity contribution in [3.63, 3.8) is 0 Å². The minimum atomic E-state index is -3.61. The van der Waals surface area contributed by atoms with Crippen LogP contribution < -0.4 is 29.5 Å². The van der Waals surface area contributed by atoms with Crippen molar-refractivity contribution in [2.24, 2.45) is 11.8 Å². The predicted octanol–water partition coefficient (Wildman–Crippen LogP) is 13.4. The maximum atomic E-state index is 13.8. The summed E-state index contributed by atoms with van der Waals surface area (Å²) in [6.07, 6.45) is 17.0. The fourth-order valence-corrected chi connectivity index (χ4v) is 17.9. The zero-order valence-corrected chi connectivity index (χ0v) is 68.1. The summed E-state index contributed by atoms with van der Waals surface area (Å²) in [4.78, 5) is 89.2. The van der Waals surface area contributed by atoms with Gasteiger partial charge in [0.1, 0.15) is 23.6 Å². The van der Waals surface area contributed by atoms with Crippen molar-refractivity contribution >= 4 is 138 Å². The van der Waals surface area contributed by atoms with Crippen LogP contribution >= 0.6 is 42.4 Å². The van der Waals surface area contributed by atoms with Gasteiger partial charge in [0, 0.05) is 134 Å². The van der Waals surface area contributed by atoms with E-state index < -0.39 is 33.7 Å². The minimum Gasteiger partial charge on any atom is -0.453 e. The number of hydrogen-bond donors (Lipinski definition) is 4. The van der Waals surface area contributed by atoms with Crippen LogP contribution in [0.3, 0.4) is 0 Å². The molecule has 9 aromatic rings. The third-order valence-corrected chi connectivity index (χ3v) is 23.4. The zero-order valence-electron chi connectivity index (χ0n) is 63.3. The summed E-state index contributed by atoms with van der Waals surface area (Å²) in [5, 5.41) is 18.1. The Morgan fingerprint density at radius 2 is 0.839 bits per heavy atom. The van der Waals surface area contributed by atoms with Gasteiger partial charge in [0.25, 0.3) is 17.7 Å². The summed E-state index contributed by atoms with van der Waals surface area (Å²) < 4.78 is 79.2. The van der Waals surface area contributed by atoms with E-state index in [2.05, 4.69) is 52.3 Å². The van der Waals surface area contributed by atoms with Crippen LogP contribution in [-0.4, -0.2) is 195 Å². The third kappa shape index (κ3) is 19.1. The van der Waals surface area contributed by atoms with Gasteiger partial charge in [0.05, 0.1) is 88.6 Å². The van der Waals surface area contributed by atoms with Crippen molar-refractivity contribution in [2.75, 3.05) is 115 Å². The van der Waals surface area contributed by atoms with Gasteiger partial charge in [-0.2, -0.15) is 15.3 Å². The SMILES string of the molecule is C.COC(=O)Nc1ccc(Cl)cc1C(=O)N1CCCC[C@H]1c1cc2nc(N3CC[C@H](C)C3)c(C)cn2n1.Cc1cn2nc([C@@H]3CCCCN3C(=O)c3cc(Cl)ccc3NS(C)(=O)=O)cc2nc1N1CC(OP(C)(=O)O)C1.Cc1cn2nc([C@@H]3CCCCN3C(=O)c3cc(Cl)ccc3NS(C)(=O)=O)cc2nc1N1CC[C@H](C)C1. The maximum Gasteiger partial charge on any atom is 0.411 e. The second-order valence-electron chi connectivity index (χ2n) is 29.9. The van der Waals surface area contributed by atoms with Crippen molar-refractivity contribution in [1.82, 2.24) is 58.5 Å². The number of sulfonamides is 2. The molecule has 600 valence electrons. The number of methoxy groups -OCH3 is 1. The Labute approximate surface area is 667 Å². The third-order valence-electron chi connectivity index (χ3n) is 20.8. The van der Waals surface area contributed by atoms with Gasteiger partial charge in [-0.25, -0.2) is 50.1 Å². The molecule has 6 saturated heterocycles. The highest BCUT2D eigenvalue weighted by molar-refractivity contribution is 7.92. The highest BCUT2D eigenvalue weighted by Gasteiger charge is 2.39. The molecule has 6 aromatic heterocycles. The maximum absolute atomic E-state index is 13.8. The molecule has 30 nitrogen and oxygen atoms in total. The first-order valence-electron chi connectivity index (χ1n) is 37.2. The smallest absolute Gasteiger partial charge is 0.411 e. The Kier molecular flexibility index (Phi) is 25.1. The van der Waals surface area contributed by atoms with E-state index in [-0.39, 0.29) is 71.9 Å². The monoisotopic (exact) mass is 1650 g/mol. The molecule has 4 amide bonds. The van der Waals surface area contributed by atoms with E-state index in [1.54, 1.807) is 43.1 Å². The summed E-state index contributed by atoms with van der Waals surface area (Å²) >= 11 is 18.6. The summed E-state index contributed by atoms with van der Waals surface area (Å²) in [7, 11) is -9.46. The van der Waals surface area contributed by atoms with Crippen molar-refractivity contribution in [3.8, 4) is 0 Å². The number of hydrogen-bond acceptors (Lipinski definition) is 20. The molecule has 0 radical (unpaired) electrons. The molecule has 6 fully saturated rings. The average molecular weight is 1660 g/mol. The van der Waals surface area contributed by atoms with Gasteiger partial charge >= 0.3 is 13.7 Å². The highest BCUT2D eigenvalue weighted by Crippen LogP contribution is 2.43. The zero-order chi connectivity index (χ0) is 79.1. The lowest BCUT2D eigenvalue weighted by atomic mass is 9.98. The van der Waals surface area contributed by atoms with Gasteiger partial charge in [0.15, 0.2) is 16.9 Å². The summed E-state index contributed by atoms with van der Waals surface area (Å²) in [6, 6.07) is 19.0. The number of aryl methyl sites for hydroxylation is 3. The van der Waals surface area contributed by atoms with E-state index in [1.807, 2.05) is 58.0 Å². The second kappa shape index (κ2) is 34.0. The van der Waals surface area contributed by atoms with E-state index in [0.717, 1.165) is 153 Å². The molecule has 0 aliphatic carbocycles. The largest absolute Gasteiger partial charge is 0.453 e. The molecule has 6 atom stereocenters. The van der Waals surface area contributed by atoms with Crippen LogP contribution in [-0.2, 0) is 33.9 Å². The molecular weight excluding hydrogens is 1560 g/mol. The molecule has 1 unspecified atom stereocenters. The lowest BCUT2D eigenvalue weighted by molar-refractivity contribution is 0.0599. The van der Waals surface area contributed by atoms with Gasteiger partial charge in [-0.05, 0) is 158 Å². The van der Waals surface area contributed by atoms with Crippen LogP contribution in [0.25, 0.3) is 16.9 Å². The van der Waals surface area contributed by atoms with E-state index in [1.165, 1.54) is 50.5 Å². The molecule has 6 aliphatic rings. The molecule has 0 spiro atoms. The number of piperidine rings is 3. The van der Waals surface area contributed by atoms with E-state index in [4.69, 9.17) is 74.3 Å². The molecule has 6 aliphatic heterocycles. The Hall–Kier alpha value is -8.88. The molecule has 4 N–H and O–H groups in total. The number of likely N-dealkylation sites (tertiary alicyclic amines) is 3. The quantitative estimate of drug-likeness (QED) is 0.0653. The van der Waals surface area contributed by atoms with Crippen LogP contribution in [0.15, 0.2) is 91.4 Å². The lowest BCUT2D eigenvalue weighted by Crippen LogP contribution is -2.52. The number of nitrogens with zero attached hydrogens (tertiary/aromatic N) is 15. The Bertz CT molecular complexity index is 5350. The molecular formula is C76H96Cl3N18O12PS2. The number of amides is 4. The van der Waals surface area contributed by atoms with E-state index >= 15 is 0 Å². The van der Waals surface area contributed by atoms with Gasteiger partial charge < -0.3 is 43.6 Å². The number of carbonyl (C=O) groups is 4. The van der Waals surface area contributed by atoms with E-state index in [0.29, 0.717) is 88.6 Å². The molecule has 0 saturated carbocycles. The Balaban J connectivity index is 0.000000155. The van der Waals surface area contributed by atoms with Crippen LogP contribution in [0.5, 0.6) is 0 Å². The van der Waals surface area contributed by atoms with Crippen LogP contribution in [0, 0.1) is 32.6 Å². The fraction of sp³-hybridized carbons (Fsp3) is 0.474. The fourth-order valence-electron chi connectivity index (χ4n) is 15.6. The van der Waals surface area contributed by atoms with Gasteiger partial charge in [-0.3, -0.25) is 33.7 Å². The molecule has 36 heteroatoms. The number of fused-ring (bicyclic) bond motifs is 3. The van der Waals surface area contributed by atoms with Gasteiger partial charge in [0.2, 0.25) is 20.0 Å². The summed E-state index contributed by atoms with van der Waals surface area (Å²) in [5.74, 6) is 3.23. The predicted molar refractivity (Wildman–Crippen MR) is 435 cm³/mol. The molecule has 0 bridgehead atoms. The first-order valence-corrected chi connectivity index (χ1v) is 44.1. The van der Waals surface area contributed by atoms with Crippen molar-refractivity contribution in [2.45, 2.75) is 137 Å². The number of benzene rings is 3. The second-order valence-corrected chi connectivity index (χ2v) is 36.6. The van der Waals surface area contributed by atoms with E-state index in [9.17, 15) is 45.5 Å². The summed E-state index contributed by atoms with van der Waals surface area (Å²) in [6.45, 7) is 18.3. The number of carbonyl (C=O) groups excluding carboxylic acids is 4. The molecule has 15 rings (SSSR count). The van der Waals surface area contributed by atoms with Crippen molar-refractivity contribution in [1.29, 1.82) is 0 Å². The number of rotatable bonds is 16. The number of ether oxygens (including phenoxy) is 1. The van der Waals surface area contributed by atoms with Crippen LogP contribution in [0.1, 0.15) is 175 Å². The minimum absolute atomic E-state index is 0. The Morgan fingerprint density at radius 3 is 1.16 bits per heavy atom. The van der Waals surface area contributed by atoms with Crippen molar-refractivity contribution < 1.29 is 54.7 Å². The number of nitrogens with one attached hydrogen (secondary N) is 3. The Morgan fingerprint density at radius 1 is 0.500 bits per heavy atom. The molecule has 12 heterocycles. The van der Waals surface area contributed by atoms with Crippen LogP contribution in [0.2, 0.25) is 15.1 Å². The van der Waals surface area contributed by atoms with Gasteiger partial charge in [-0.1, -0.05) is 56.1 Å². The number of halogens is 3. The standard InChI is InChI=1S/C26H31ClN6O3.C25H31ClN6O3S.C24H30ClN6O6PS.CH4/c1-16-9-11-31(14-16)24-17(2)15-33-23(29-24)13-21(30-33)22-6-4-5-10-32(22)25(34)19-12-18(27)7-8-20(19)28-26(35)36-3;1-16-9-11-30(14-16)24-17(2)15-32-23(27-24)13-21(28-32)22-6-4-5-10-31(22)25(33)19-12-18(26)7-8-20(19)29-36(3,34)35;1-15-12-31-22(26-23(15)29-13-17(14-29)37-38(2,33)34)11-20(27-31)21-6-4-5-9-30(21)24(32)18-10-16(25)7-8-19(18)28-39(3,35)36;/h7-8,12-13,15-16,22H,4-6,9-11,14H2,1-3H3,(H,28,35);7-8,12-13,15-16,22,29H,4-6,9-11,14H2,1-3H3;7-8,10-12,17,21,28H,4-6,9,13-14H2,1-3H3,(H,33,34);1H4/t2*16-,22-;21-;/m000./s1. The first-order chi connectivity index (χ1) is 52.7. The number of anilines is 6.